The van der Waals surface area contributed by atoms with Gasteiger partial charge in [-0.1, -0.05) is 0 Å². The number of nitrogens with one attached hydrogen (secondary N) is 1. The zero-order valence-electron chi connectivity index (χ0n) is 16.7. The Kier molecular flexibility index (Phi) is 6.72. The van der Waals surface area contributed by atoms with Crippen LogP contribution >= 0.6 is 23.5 Å². The molecule has 0 aliphatic carbocycles. The molecule has 2 rings (SSSR count). The van der Waals surface area contributed by atoms with Crippen LogP contribution in [-0.2, 0) is 38.2 Å². The van der Waals surface area contributed by atoms with Crippen molar-refractivity contribution < 1.29 is 68.5 Å². The van der Waals surface area contributed by atoms with E-state index < -0.39 is 78.1 Å². The molecule has 2 unspecified atom stereocenters. The first-order chi connectivity index (χ1) is 14.7. The molecule has 0 spiro atoms. The number of H-pyrrole nitrogens is 1. The van der Waals surface area contributed by atoms with Gasteiger partial charge in [0.05, 0.1) is 14.9 Å². The highest BCUT2D eigenvalue weighted by Crippen LogP contribution is 2.66. The van der Waals surface area contributed by atoms with Crippen molar-refractivity contribution in [3.05, 3.63) is 32.6 Å². The van der Waals surface area contributed by atoms with Crippen molar-refractivity contribution >= 4 is 23.5 Å². The summed E-state index contributed by atoms with van der Waals surface area (Å²) in [4.78, 5) is 60.6. The highest BCUT2D eigenvalue weighted by Gasteiger charge is 2.50. The Balaban J connectivity index is 2.30. The van der Waals surface area contributed by atoms with E-state index in [-0.39, 0.29) is 0 Å². The van der Waals surface area contributed by atoms with E-state index in [1.54, 1.807) is 4.98 Å². The van der Waals surface area contributed by atoms with E-state index in [2.05, 4.69) is 17.9 Å². The van der Waals surface area contributed by atoms with Gasteiger partial charge in [0.15, 0.2) is 6.23 Å². The fourth-order valence-electron chi connectivity index (χ4n) is 2.25. The van der Waals surface area contributed by atoms with Crippen molar-refractivity contribution in [3.8, 4) is 0 Å². The van der Waals surface area contributed by atoms with Gasteiger partial charge in [-0.3, -0.25) is 18.9 Å². The van der Waals surface area contributed by atoms with Gasteiger partial charge in [0, 0.05) is 12.6 Å². The number of hydrogen-bond donors (Lipinski definition) is 7. The lowest BCUT2D eigenvalue weighted by atomic mass is 10.2. The molecule has 1 aliphatic heterocycles. The number of aromatic nitrogens is 2. The summed E-state index contributed by atoms with van der Waals surface area (Å²) in [6, 6.07) is 0. The summed E-state index contributed by atoms with van der Waals surface area (Å²) in [7, 11) is -18.0. The van der Waals surface area contributed by atoms with Crippen LogP contribution in [0.25, 0.3) is 0 Å². The molecule has 7 N–H and O–H groups in total. The minimum Gasteiger partial charge on any atom is -0.391 e. The summed E-state index contributed by atoms with van der Waals surface area (Å²) in [6.45, 7) is -4.98. The second kappa shape index (κ2) is 9.03. The fourth-order valence-corrected chi connectivity index (χ4v) is 5.14. The Bertz CT molecular complexity index is 1170. The molecule has 178 valence electrons. The largest absolute Gasteiger partial charge is 0.490 e. The number of aliphatic hydroxyl groups excluding tert-OH is 2. The zero-order chi connectivity index (χ0) is 25.6. The van der Waals surface area contributed by atoms with Crippen LogP contribution in [0.1, 0.15) is 21.0 Å². The number of phosphoric ester groups is 1. The number of phosphoric acid groups is 3. The second-order valence-corrected chi connectivity index (χ2v) is 10.1. The van der Waals surface area contributed by atoms with E-state index in [0.717, 1.165) is 0 Å². The molecule has 1 saturated heterocycles. The van der Waals surface area contributed by atoms with Crippen LogP contribution in [0.4, 0.5) is 4.39 Å². The molecule has 0 saturated carbocycles. The predicted octanol–water partition coefficient (Wildman–Crippen LogP) is -1.68. The van der Waals surface area contributed by atoms with Crippen molar-refractivity contribution in [2.24, 2.45) is 0 Å². The Morgan fingerprint density at radius 2 is 1.87 bits per heavy atom. The Labute approximate surface area is 172 Å². The van der Waals surface area contributed by atoms with Crippen LogP contribution in [0.3, 0.4) is 0 Å². The minimum absolute atomic E-state index is 0.375. The van der Waals surface area contributed by atoms with Gasteiger partial charge in [0.2, 0.25) is 5.85 Å². The fraction of sp³-hybridized carbons (Fsp3) is 0.600. The molecular weight excluding hydrogens is 500 g/mol. The van der Waals surface area contributed by atoms with Gasteiger partial charge in [-0.15, -0.1) is 0 Å². The first-order valence-electron chi connectivity index (χ1n) is 8.55. The number of nitrogens with zero attached hydrogens (tertiary/aromatic N) is 1. The summed E-state index contributed by atoms with van der Waals surface area (Å²) in [5.74, 6) is -3.85. The maximum Gasteiger partial charge on any atom is 0.490 e. The normalized spacial score (nSPS) is 29.6. The third-order valence-corrected chi connectivity index (χ3v) is 6.97. The third kappa shape index (κ3) is 7.20. The van der Waals surface area contributed by atoms with Gasteiger partial charge in [0.1, 0.15) is 12.7 Å². The van der Waals surface area contributed by atoms with Crippen molar-refractivity contribution in [2.75, 3.05) is 6.56 Å². The summed E-state index contributed by atoms with van der Waals surface area (Å²) in [6.07, 6.45) is -4.83. The molecule has 1 aromatic heterocycles. The minimum atomic E-state index is -6.16. The smallest absolute Gasteiger partial charge is 0.391 e. The average Bonchev–Trinajstić information content (AvgIpc) is 2.86. The summed E-state index contributed by atoms with van der Waals surface area (Å²) >= 11 is 0. The molecule has 0 radical (unpaired) electrons. The molecular formula is C10H16FN2O15P3. The van der Waals surface area contributed by atoms with Crippen LogP contribution in [0.15, 0.2) is 15.8 Å². The molecule has 2 heterocycles. The SMILES string of the molecule is [2H]C([2H])(OP(=O)(O)OP(=O)(O)OP(=O)(O)O)[C@]1(F)C[C@@H](O)[C@H](n2cc(CO)c(=O)[nH]c2=O)O1. The van der Waals surface area contributed by atoms with E-state index in [1.165, 1.54) is 0 Å². The van der Waals surface area contributed by atoms with Crippen molar-refractivity contribution in [3.63, 3.8) is 0 Å². The maximum absolute atomic E-state index is 15.2. The number of aromatic amines is 1. The van der Waals surface area contributed by atoms with Crippen LogP contribution in [0.2, 0.25) is 0 Å². The van der Waals surface area contributed by atoms with Crippen LogP contribution in [0, 0.1) is 0 Å². The molecule has 1 aromatic rings. The topological polar surface area (TPSA) is 264 Å². The predicted molar refractivity (Wildman–Crippen MR) is 91.6 cm³/mol. The maximum atomic E-state index is 15.2. The van der Waals surface area contributed by atoms with Crippen LogP contribution in [0.5, 0.6) is 0 Å². The van der Waals surface area contributed by atoms with Gasteiger partial charge >= 0.3 is 29.2 Å². The molecule has 1 fully saturated rings. The van der Waals surface area contributed by atoms with E-state index in [9.17, 15) is 33.3 Å². The molecule has 0 bridgehead atoms. The molecule has 0 amide bonds. The molecule has 31 heavy (non-hydrogen) atoms. The van der Waals surface area contributed by atoms with Crippen LogP contribution < -0.4 is 11.2 Å². The van der Waals surface area contributed by atoms with Gasteiger partial charge < -0.3 is 34.5 Å². The number of aliphatic hydroxyl groups is 2. The first kappa shape index (κ1) is 23.1. The summed E-state index contributed by atoms with van der Waals surface area (Å²) in [5, 5.41) is 19.2. The first-order valence-corrected chi connectivity index (χ1v) is 12.1. The standard InChI is InChI=1S/C10H16FN2O15P3/c11-10(4-25-30(21,22)28-31(23,24)27-29(18,19)20)1-6(15)8(26-10)13-2-5(3-14)7(16)12-9(13)17/h2,6,8,14-15H,1,3-4H2,(H,21,22)(H,23,24)(H,12,16,17)(H2,18,19,20)/t6-,8-,10+/m1/s1/i4D2. The molecule has 1 aliphatic rings. The lowest BCUT2D eigenvalue weighted by Crippen LogP contribution is -2.37. The Morgan fingerprint density at radius 1 is 1.26 bits per heavy atom. The van der Waals surface area contributed by atoms with Gasteiger partial charge in [-0.25, -0.2) is 22.9 Å². The van der Waals surface area contributed by atoms with E-state index in [1.807, 2.05) is 0 Å². The highest BCUT2D eigenvalue weighted by molar-refractivity contribution is 7.66. The second-order valence-electron chi connectivity index (χ2n) is 5.77. The van der Waals surface area contributed by atoms with Gasteiger partial charge in [-0.2, -0.15) is 8.62 Å². The van der Waals surface area contributed by atoms with Gasteiger partial charge in [0.25, 0.3) is 5.56 Å². The molecule has 0 aromatic carbocycles. The van der Waals surface area contributed by atoms with Crippen molar-refractivity contribution in [2.45, 2.75) is 31.2 Å². The number of alkyl halides is 1. The highest BCUT2D eigenvalue weighted by atomic mass is 31.3. The number of halogens is 1. The van der Waals surface area contributed by atoms with E-state index >= 15 is 4.39 Å². The number of ether oxygens (including phenoxy) is 1. The lowest BCUT2D eigenvalue weighted by Gasteiger charge is -2.22. The quantitative estimate of drug-likeness (QED) is 0.180. The Morgan fingerprint density at radius 3 is 2.42 bits per heavy atom. The van der Waals surface area contributed by atoms with Gasteiger partial charge in [-0.05, 0) is 0 Å². The molecule has 21 heteroatoms. The number of hydrogen-bond acceptors (Lipinski definition) is 11. The monoisotopic (exact) mass is 518 g/mol. The third-order valence-electron chi connectivity index (χ3n) is 3.32. The average molecular weight is 518 g/mol. The van der Waals surface area contributed by atoms with E-state index in [4.69, 9.17) is 22.5 Å². The van der Waals surface area contributed by atoms with Crippen molar-refractivity contribution in [1.29, 1.82) is 0 Å². The lowest BCUT2D eigenvalue weighted by molar-refractivity contribution is -0.178. The zero-order valence-corrected chi connectivity index (χ0v) is 17.4. The summed E-state index contributed by atoms with van der Waals surface area (Å²) < 4.78 is 79.7. The van der Waals surface area contributed by atoms with E-state index in [0.29, 0.717) is 10.8 Å². The Hall–Kier alpha value is -1.10. The molecule has 17 nitrogen and oxygen atoms in total. The van der Waals surface area contributed by atoms with Crippen LogP contribution in [-0.4, -0.2) is 57.9 Å². The number of rotatable bonds is 9. The van der Waals surface area contributed by atoms with Crippen molar-refractivity contribution in [1.82, 2.24) is 9.55 Å². The molecule has 5 atom stereocenters. The summed E-state index contributed by atoms with van der Waals surface area (Å²) in [5.41, 5.74) is -2.74.